The van der Waals surface area contributed by atoms with E-state index >= 15 is 0 Å². The zero-order valence-electron chi connectivity index (χ0n) is 18.5. The molecule has 162 valence electrons. The van der Waals surface area contributed by atoms with Crippen LogP contribution in [0, 0.1) is 13.8 Å². The molecule has 0 amide bonds. The van der Waals surface area contributed by atoms with Gasteiger partial charge in [0.05, 0.1) is 0 Å². The van der Waals surface area contributed by atoms with Crippen molar-refractivity contribution < 1.29 is 19.4 Å². The Balaban J connectivity index is 1.63. The summed E-state index contributed by atoms with van der Waals surface area (Å²) in [5.41, 5.74) is 5.61. The van der Waals surface area contributed by atoms with Gasteiger partial charge in [-0.3, -0.25) is 0 Å². The van der Waals surface area contributed by atoms with Crippen LogP contribution in [0.3, 0.4) is 0 Å². The summed E-state index contributed by atoms with van der Waals surface area (Å²) in [7, 11) is 0. The highest BCUT2D eigenvalue weighted by atomic mass is 16.6. The average Bonchev–Trinajstić information content (AvgIpc) is 2.71. The molecule has 0 saturated carbocycles. The van der Waals surface area contributed by atoms with Gasteiger partial charge in [0.1, 0.15) is 17.6 Å². The van der Waals surface area contributed by atoms with Crippen LogP contribution in [0.2, 0.25) is 0 Å². The van der Waals surface area contributed by atoms with Crippen LogP contribution >= 0.6 is 0 Å². The molecular formula is C25H33NO4. The Morgan fingerprint density at radius 2 is 1.80 bits per heavy atom. The van der Waals surface area contributed by atoms with Gasteiger partial charge in [0.15, 0.2) is 6.61 Å². The number of piperidine rings is 1. The SMILES string of the molecule is Cc1cc(OCC(=O)OC2CCNCC2)cc(C)c1Cc1ccc(O)c(C(C)C)c1. The predicted molar refractivity (Wildman–Crippen MR) is 118 cm³/mol. The van der Waals surface area contributed by atoms with E-state index < -0.39 is 0 Å². The molecule has 0 aromatic heterocycles. The summed E-state index contributed by atoms with van der Waals surface area (Å²) in [5.74, 6) is 0.992. The van der Waals surface area contributed by atoms with Crippen molar-refractivity contribution in [3.8, 4) is 11.5 Å². The lowest BCUT2D eigenvalue weighted by Gasteiger charge is -2.22. The number of phenols is 1. The zero-order chi connectivity index (χ0) is 21.7. The molecule has 5 heteroatoms. The summed E-state index contributed by atoms with van der Waals surface area (Å²) in [6.07, 6.45) is 2.49. The van der Waals surface area contributed by atoms with Crippen LogP contribution in [-0.4, -0.2) is 36.9 Å². The zero-order valence-corrected chi connectivity index (χ0v) is 18.5. The van der Waals surface area contributed by atoms with Gasteiger partial charge >= 0.3 is 5.97 Å². The van der Waals surface area contributed by atoms with Gasteiger partial charge in [0, 0.05) is 0 Å². The topological polar surface area (TPSA) is 67.8 Å². The van der Waals surface area contributed by atoms with Gasteiger partial charge in [0.25, 0.3) is 0 Å². The smallest absolute Gasteiger partial charge is 0.344 e. The van der Waals surface area contributed by atoms with Gasteiger partial charge < -0.3 is 19.9 Å². The summed E-state index contributed by atoms with van der Waals surface area (Å²) in [6, 6.07) is 9.79. The highest BCUT2D eigenvalue weighted by Crippen LogP contribution is 2.29. The lowest BCUT2D eigenvalue weighted by Crippen LogP contribution is -2.34. The second-order valence-corrected chi connectivity index (χ2v) is 8.49. The van der Waals surface area contributed by atoms with E-state index in [0.717, 1.165) is 49.0 Å². The molecule has 3 rings (SSSR count). The number of carbonyl (C=O) groups excluding carboxylic acids is 1. The quantitative estimate of drug-likeness (QED) is 0.661. The molecule has 1 saturated heterocycles. The first-order valence-electron chi connectivity index (χ1n) is 10.8. The molecule has 2 aromatic carbocycles. The van der Waals surface area contributed by atoms with Crippen LogP contribution in [0.15, 0.2) is 30.3 Å². The van der Waals surface area contributed by atoms with Crippen molar-refractivity contribution in [3.05, 3.63) is 58.1 Å². The van der Waals surface area contributed by atoms with Gasteiger partial charge in [-0.25, -0.2) is 4.79 Å². The average molecular weight is 412 g/mol. The third-order valence-corrected chi connectivity index (χ3v) is 5.71. The molecule has 5 nitrogen and oxygen atoms in total. The fourth-order valence-corrected chi connectivity index (χ4v) is 3.97. The van der Waals surface area contributed by atoms with E-state index in [1.54, 1.807) is 6.07 Å². The Morgan fingerprint density at radius 1 is 1.13 bits per heavy atom. The maximum Gasteiger partial charge on any atom is 0.344 e. The van der Waals surface area contributed by atoms with Gasteiger partial charge in [-0.15, -0.1) is 0 Å². The normalized spacial score (nSPS) is 14.7. The number of esters is 1. The van der Waals surface area contributed by atoms with E-state index in [2.05, 4.69) is 39.1 Å². The van der Waals surface area contributed by atoms with E-state index in [4.69, 9.17) is 9.47 Å². The first kappa shape index (κ1) is 22.2. The standard InChI is InChI=1S/C25H33NO4/c1-16(2)22-13-19(5-6-24(22)27)14-23-17(3)11-21(12-18(23)4)29-15-25(28)30-20-7-9-26-10-8-20/h5-6,11-13,16,20,26-27H,7-10,14-15H2,1-4H3. The molecule has 0 aliphatic carbocycles. The Bertz CT molecular complexity index is 862. The number of carbonyl (C=O) groups is 1. The summed E-state index contributed by atoms with van der Waals surface area (Å²) in [4.78, 5) is 12.1. The molecule has 1 aliphatic rings. The van der Waals surface area contributed by atoms with Crippen LogP contribution in [0.4, 0.5) is 0 Å². The maximum atomic E-state index is 12.1. The summed E-state index contributed by atoms with van der Waals surface area (Å²) in [6.45, 7) is 9.99. The molecule has 0 unspecified atom stereocenters. The minimum absolute atomic E-state index is 0.00534. The van der Waals surface area contributed by atoms with E-state index in [1.165, 1.54) is 11.1 Å². The molecule has 0 atom stereocenters. The number of ether oxygens (including phenoxy) is 2. The molecule has 2 aromatic rings. The lowest BCUT2D eigenvalue weighted by atomic mass is 9.93. The highest BCUT2D eigenvalue weighted by Gasteiger charge is 2.18. The van der Waals surface area contributed by atoms with Crippen molar-refractivity contribution in [1.82, 2.24) is 5.32 Å². The number of nitrogens with one attached hydrogen (secondary N) is 1. The van der Waals surface area contributed by atoms with Crippen molar-refractivity contribution in [2.45, 2.75) is 59.0 Å². The molecule has 1 fully saturated rings. The number of hydrogen-bond acceptors (Lipinski definition) is 5. The number of rotatable bonds is 7. The maximum absolute atomic E-state index is 12.1. The number of aryl methyl sites for hydroxylation is 2. The van der Waals surface area contributed by atoms with Crippen LogP contribution in [0.25, 0.3) is 0 Å². The van der Waals surface area contributed by atoms with Gasteiger partial charge in [0.2, 0.25) is 0 Å². The number of aromatic hydroxyl groups is 1. The summed E-state index contributed by atoms with van der Waals surface area (Å²) >= 11 is 0. The van der Waals surface area contributed by atoms with Gasteiger partial charge in [-0.05, 0) is 98.1 Å². The van der Waals surface area contributed by atoms with Crippen LogP contribution in [-0.2, 0) is 16.0 Å². The first-order valence-corrected chi connectivity index (χ1v) is 10.8. The molecule has 0 bridgehead atoms. The van der Waals surface area contributed by atoms with Crippen molar-refractivity contribution in [3.63, 3.8) is 0 Å². The largest absolute Gasteiger partial charge is 0.508 e. The van der Waals surface area contributed by atoms with Crippen LogP contribution < -0.4 is 10.1 Å². The Hall–Kier alpha value is -2.53. The third-order valence-electron chi connectivity index (χ3n) is 5.71. The summed E-state index contributed by atoms with van der Waals surface area (Å²) in [5, 5.41) is 13.3. The van der Waals surface area contributed by atoms with E-state index in [-0.39, 0.29) is 24.6 Å². The van der Waals surface area contributed by atoms with E-state index in [9.17, 15) is 9.90 Å². The fraction of sp³-hybridized carbons (Fsp3) is 0.480. The molecule has 1 heterocycles. The fourth-order valence-electron chi connectivity index (χ4n) is 3.97. The minimum Gasteiger partial charge on any atom is -0.508 e. The Labute approximate surface area is 179 Å². The minimum atomic E-state index is -0.313. The molecular weight excluding hydrogens is 378 g/mol. The number of phenolic OH excluding ortho intramolecular Hbond substituents is 1. The summed E-state index contributed by atoms with van der Waals surface area (Å²) < 4.78 is 11.2. The molecule has 30 heavy (non-hydrogen) atoms. The second-order valence-electron chi connectivity index (χ2n) is 8.49. The van der Waals surface area contributed by atoms with E-state index in [0.29, 0.717) is 11.5 Å². The van der Waals surface area contributed by atoms with Crippen molar-refractivity contribution >= 4 is 5.97 Å². The third kappa shape index (κ3) is 5.76. The van der Waals surface area contributed by atoms with Gasteiger partial charge in [-0.1, -0.05) is 26.0 Å². The van der Waals surface area contributed by atoms with E-state index in [1.807, 2.05) is 18.2 Å². The van der Waals surface area contributed by atoms with Crippen molar-refractivity contribution in [2.24, 2.45) is 0 Å². The predicted octanol–water partition coefficient (Wildman–Crippen LogP) is 4.40. The first-order chi connectivity index (χ1) is 14.3. The Morgan fingerprint density at radius 3 is 2.43 bits per heavy atom. The van der Waals surface area contributed by atoms with Crippen LogP contribution in [0.1, 0.15) is 60.4 Å². The number of hydrogen-bond donors (Lipinski definition) is 2. The molecule has 2 N–H and O–H groups in total. The second kappa shape index (κ2) is 9.98. The van der Waals surface area contributed by atoms with Crippen molar-refractivity contribution in [2.75, 3.05) is 19.7 Å². The Kier molecular flexibility index (Phi) is 7.38. The molecule has 1 aliphatic heterocycles. The monoisotopic (exact) mass is 411 g/mol. The number of benzene rings is 2. The lowest BCUT2D eigenvalue weighted by molar-refractivity contribution is -0.152. The van der Waals surface area contributed by atoms with Crippen molar-refractivity contribution in [1.29, 1.82) is 0 Å². The van der Waals surface area contributed by atoms with Gasteiger partial charge in [-0.2, -0.15) is 0 Å². The molecule has 0 radical (unpaired) electrons. The van der Waals surface area contributed by atoms with Crippen LogP contribution in [0.5, 0.6) is 11.5 Å². The molecule has 0 spiro atoms. The highest BCUT2D eigenvalue weighted by molar-refractivity contribution is 5.71.